The maximum absolute atomic E-state index is 12.5. The molecule has 0 aliphatic heterocycles. The highest BCUT2D eigenvalue weighted by atomic mass is 79.9. The van der Waals surface area contributed by atoms with Crippen LogP contribution in [0.4, 0.5) is 0 Å². The highest BCUT2D eigenvalue weighted by Gasteiger charge is 2.23. The molecule has 102 valence electrons. The zero-order valence-electron chi connectivity index (χ0n) is 10.6. The van der Waals surface area contributed by atoms with Gasteiger partial charge in [0.05, 0.1) is 4.90 Å². The lowest BCUT2D eigenvalue weighted by Gasteiger charge is -2.18. The molecule has 0 unspecified atom stereocenters. The fraction of sp³-hybridized carbons (Fsp3) is 0.231. The summed E-state index contributed by atoms with van der Waals surface area (Å²) in [5.41, 5.74) is 1.75. The van der Waals surface area contributed by atoms with E-state index in [1.54, 1.807) is 37.4 Å². The van der Waals surface area contributed by atoms with E-state index in [1.165, 1.54) is 4.31 Å². The van der Waals surface area contributed by atoms with Gasteiger partial charge in [0.2, 0.25) is 10.0 Å². The quantitative estimate of drug-likeness (QED) is 0.835. The third-order valence-corrected chi connectivity index (χ3v) is 5.99. The smallest absolute Gasteiger partial charge is 0.207 e. The van der Waals surface area contributed by atoms with Gasteiger partial charge < -0.3 is 0 Å². The first-order valence-electron chi connectivity index (χ1n) is 5.65. The summed E-state index contributed by atoms with van der Waals surface area (Å²) in [5, 5.41) is 3.90. The van der Waals surface area contributed by atoms with Gasteiger partial charge in [-0.2, -0.15) is 15.6 Å². The molecule has 0 spiro atoms. The summed E-state index contributed by atoms with van der Waals surface area (Å²) in [7, 11) is -1.86. The number of hydrogen-bond donors (Lipinski definition) is 0. The van der Waals surface area contributed by atoms with E-state index in [2.05, 4.69) is 15.9 Å². The van der Waals surface area contributed by atoms with Crippen molar-refractivity contribution in [3.8, 4) is 0 Å². The average Bonchev–Trinajstić information content (AvgIpc) is 2.85. The molecule has 3 nitrogen and oxygen atoms in total. The molecule has 0 atom stereocenters. The van der Waals surface area contributed by atoms with Crippen molar-refractivity contribution in [2.24, 2.45) is 0 Å². The lowest BCUT2D eigenvalue weighted by Crippen LogP contribution is -2.26. The number of rotatable bonds is 4. The second-order valence-corrected chi connectivity index (χ2v) is 8.01. The topological polar surface area (TPSA) is 37.4 Å². The van der Waals surface area contributed by atoms with Crippen LogP contribution in [0.5, 0.6) is 0 Å². The average molecular weight is 360 g/mol. The summed E-state index contributed by atoms with van der Waals surface area (Å²) in [6, 6.07) is 7.22. The third-order valence-electron chi connectivity index (χ3n) is 2.82. The van der Waals surface area contributed by atoms with Gasteiger partial charge in [-0.3, -0.25) is 0 Å². The van der Waals surface area contributed by atoms with Gasteiger partial charge in [0.1, 0.15) is 0 Å². The van der Waals surface area contributed by atoms with E-state index < -0.39 is 10.0 Å². The van der Waals surface area contributed by atoms with Gasteiger partial charge in [0.25, 0.3) is 0 Å². The summed E-state index contributed by atoms with van der Waals surface area (Å²) >= 11 is 4.88. The van der Waals surface area contributed by atoms with Gasteiger partial charge in [0.15, 0.2) is 0 Å². The number of thiophene rings is 1. The number of aryl methyl sites for hydroxylation is 1. The first-order valence-corrected chi connectivity index (χ1v) is 8.82. The highest BCUT2D eigenvalue weighted by Crippen LogP contribution is 2.24. The normalized spacial score (nSPS) is 12.0. The zero-order valence-corrected chi connectivity index (χ0v) is 13.8. The van der Waals surface area contributed by atoms with Crippen molar-refractivity contribution in [2.45, 2.75) is 18.4 Å². The first kappa shape index (κ1) is 14.7. The number of benzene rings is 1. The molecule has 2 rings (SSSR count). The summed E-state index contributed by atoms with van der Waals surface area (Å²) < 4.78 is 27.2. The van der Waals surface area contributed by atoms with Crippen LogP contribution in [0.1, 0.15) is 11.1 Å². The molecule has 0 fully saturated rings. The van der Waals surface area contributed by atoms with Crippen molar-refractivity contribution in [1.82, 2.24) is 4.31 Å². The lowest BCUT2D eigenvalue weighted by molar-refractivity contribution is 0.466. The van der Waals surface area contributed by atoms with Crippen molar-refractivity contribution in [3.63, 3.8) is 0 Å². The second-order valence-electron chi connectivity index (χ2n) is 4.30. The van der Waals surface area contributed by atoms with Crippen LogP contribution in [-0.4, -0.2) is 19.8 Å². The fourth-order valence-electron chi connectivity index (χ4n) is 1.74. The Hall–Kier alpha value is -0.690. The Morgan fingerprint density at radius 1 is 1.32 bits per heavy atom. The van der Waals surface area contributed by atoms with Gasteiger partial charge in [-0.25, -0.2) is 8.42 Å². The van der Waals surface area contributed by atoms with Crippen molar-refractivity contribution >= 4 is 37.3 Å². The van der Waals surface area contributed by atoms with E-state index in [9.17, 15) is 8.42 Å². The molecule has 1 aromatic heterocycles. The molecule has 0 saturated carbocycles. The predicted molar refractivity (Wildman–Crippen MR) is 81.9 cm³/mol. The van der Waals surface area contributed by atoms with Crippen LogP contribution in [0.25, 0.3) is 0 Å². The maximum Gasteiger partial charge on any atom is 0.243 e. The number of sulfonamides is 1. The van der Waals surface area contributed by atoms with Crippen LogP contribution in [-0.2, 0) is 16.6 Å². The largest absolute Gasteiger partial charge is 0.243 e. The zero-order chi connectivity index (χ0) is 14.0. The van der Waals surface area contributed by atoms with E-state index in [-0.39, 0.29) is 0 Å². The monoisotopic (exact) mass is 359 g/mol. The summed E-state index contributed by atoms with van der Waals surface area (Å²) in [5.74, 6) is 0. The molecular weight excluding hydrogens is 346 g/mol. The standard InChI is InChI=1S/C13H14BrNO2S2/c1-10-3-4-12(14)7-13(10)19(16,17)15(2)8-11-5-6-18-9-11/h3-7,9H,8H2,1-2H3. The molecule has 2 aromatic rings. The predicted octanol–water partition coefficient (Wildman–Crippen LogP) is 3.64. The van der Waals surface area contributed by atoms with Crippen LogP contribution in [0, 0.1) is 6.92 Å². The van der Waals surface area contributed by atoms with Crippen LogP contribution in [0.15, 0.2) is 44.4 Å². The molecule has 1 heterocycles. The summed E-state index contributed by atoms with van der Waals surface area (Å²) in [6.45, 7) is 2.19. The Labute approximate surface area is 126 Å². The molecule has 0 aliphatic carbocycles. The van der Waals surface area contributed by atoms with Crippen molar-refractivity contribution in [2.75, 3.05) is 7.05 Å². The summed E-state index contributed by atoms with van der Waals surface area (Å²) in [4.78, 5) is 0.347. The van der Waals surface area contributed by atoms with E-state index in [0.717, 1.165) is 15.6 Å². The van der Waals surface area contributed by atoms with Crippen LogP contribution in [0.3, 0.4) is 0 Å². The molecule has 19 heavy (non-hydrogen) atoms. The molecule has 0 aliphatic rings. The van der Waals surface area contributed by atoms with E-state index >= 15 is 0 Å². The van der Waals surface area contributed by atoms with E-state index in [4.69, 9.17) is 0 Å². The number of nitrogens with zero attached hydrogens (tertiary/aromatic N) is 1. The molecule has 0 radical (unpaired) electrons. The lowest BCUT2D eigenvalue weighted by atomic mass is 10.2. The molecule has 0 bridgehead atoms. The highest BCUT2D eigenvalue weighted by molar-refractivity contribution is 9.10. The fourth-order valence-corrected chi connectivity index (χ4v) is 4.32. The van der Waals surface area contributed by atoms with Gasteiger partial charge in [-0.05, 0) is 47.0 Å². The number of hydrogen-bond acceptors (Lipinski definition) is 3. The van der Waals surface area contributed by atoms with E-state index in [1.807, 2.05) is 22.9 Å². The maximum atomic E-state index is 12.5. The van der Waals surface area contributed by atoms with Crippen LogP contribution >= 0.6 is 27.3 Å². The SMILES string of the molecule is Cc1ccc(Br)cc1S(=O)(=O)N(C)Cc1ccsc1. The Kier molecular flexibility index (Phi) is 4.45. The molecule has 0 amide bonds. The Morgan fingerprint density at radius 3 is 2.68 bits per heavy atom. The minimum atomic E-state index is -3.46. The van der Waals surface area contributed by atoms with Gasteiger partial charge in [-0.1, -0.05) is 22.0 Å². The van der Waals surface area contributed by atoms with Gasteiger partial charge >= 0.3 is 0 Å². The third kappa shape index (κ3) is 3.25. The van der Waals surface area contributed by atoms with Crippen LogP contribution in [0.2, 0.25) is 0 Å². The first-order chi connectivity index (χ1) is 8.91. The molecule has 1 aromatic carbocycles. The summed E-state index contributed by atoms with van der Waals surface area (Å²) in [6.07, 6.45) is 0. The second kappa shape index (κ2) is 5.75. The Balaban J connectivity index is 2.33. The molecule has 0 N–H and O–H groups in total. The van der Waals surface area contributed by atoms with Crippen molar-refractivity contribution < 1.29 is 8.42 Å². The minimum absolute atomic E-state index is 0.347. The molecule has 0 saturated heterocycles. The van der Waals surface area contributed by atoms with Crippen molar-refractivity contribution in [3.05, 3.63) is 50.6 Å². The van der Waals surface area contributed by atoms with Gasteiger partial charge in [0, 0.05) is 18.1 Å². The number of halogens is 1. The molecular formula is C13H14BrNO2S2. The van der Waals surface area contributed by atoms with E-state index in [0.29, 0.717) is 11.4 Å². The van der Waals surface area contributed by atoms with Gasteiger partial charge in [-0.15, -0.1) is 0 Å². The minimum Gasteiger partial charge on any atom is -0.207 e. The molecule has 6 heteroatoms. The Bertz CT molecular complexity index is 666. The Morgan fingerprint density at radius 2 is 2.05 bits per heavy atom. The van der Waals surface area contributed by atoms with Crippen LogP contribution < -0.4 is 0 Å². The van der Waals surface area contributed by atoms with Crippen molar-refractivity contribution in [1.29, 1.82) is 0 Å².